The van der Waals surface area contributed by atoms with Gasteiger partial charge >= 0.3 is 0 Å². The van der Waals surface area contributed by atoms with Gasteiger partial charge in [-0.15, -0.1) is 11.3 Å². The quantitative estimate of drug-likeness (QED) is 0.129. The molecule has 0 N–H and O–H groups in total. The van der Waals surface area contributed by atoms with Crippen molar-refractivity contribution in [3.8, 4) is 33.4 Å². The molecule has 0 bridgehead atoms. The third kappa shape index (κ3) is 4.52. The van der Waals surface area contributed by atoms with Gasteiger partial charge in [0.25, 0.3) is 0 Å². The number of furan rings is 1. The monoisotopic (exact) mass is 752 g/mol. The minimum Gasteiger partial charge on any atom is -0.456 e. The van der Waals surface area contributed by atoms with E-state index >= 15 is 0 Å². The van der Waals surface area contributed by atoms with E-state index in [9.17, 15) is 0 Å². The molecule has 0 aliphatic heterocycles. The number of para-hydroxylation sites is 1. The lowest BCUT2D eigenvalue weighted by Crippen LogP contribution is -1.91. The summed E-state index contributed by atoms with van der Waals surface area (Å²) in [6, 6.07) is 71.4. The van der Waals surface area contributed by atoms with Crippen LogP contribution >= 0.6 is 11.3 Å². The van der Waals surface area contributed by atoms with Crippen LogP contribution in [0.3, 0.4) is 0 Å². The third-order valence-electron chi connectivity index (χ3n) is 12.4. The molecular weight excluding hydrogens is 721 g/mol. The smallest absolute Gasteiger partial charge is 0.135 e. The van der Waals surface area contributed by atoms with Gasteiger partial charge in [0.1, 0.15) is 11.2 Å². The van der Waals surface area contributed by atoms with Gasteiger partial charge in [0, 0.05) is 36.3 Å². The van der Waals surface area contributed by atoms with Crippen LogP contribution in [0.25, 0.3) is 129 Å². The van der Waals surface area contributed by atoms with Crippen molar-refractivity contribution in [3.63, 3.8) is 0 Å². The summed E-state index contributed by atoms with van der Waals surface area (Å²) >= 11 is 1.93. The fourth-order valence-corrected chi connectivity index (χ4v) is 11.2. The molecule has 13 rings (SSSR count). The van der Waals surface area contributed by atoms with E-state index in [-0.39, 0.29) is 0 Å². The van der Waals surface area contributed by atoms with Gasteiger partial charge in [0.15, 0.2) is 0 Å². The van der Waals surface area contributed by atoms with Crippen molar-refractivity contribution in [3.05, 3.63) is 194 Å². The standard InChI is InChI=1S/C56H32OS/c1-2-12-38-34(11-1)25-29-47-54-41-15-4-3-13-39(41)48-31-36(26-28-46(48)56(54)58-55(38)47)33-21-23-35(24-22-33)52-42-16-5-7-18-44(42)53(45-19-8-6-17-43(45)52)37-27-30-51-49(32-37)40-14-9-10-20-50(40)57-51/h1-32H. The number of thiophene rings is 1. The van der Waals surface area contributed by atoms with Crippen molar-refractivity contribution < 1.29 is 4.42 Å². The first-order valence-electron chi connectivity index (χ1n) is 19.9. The molecule has 2 aromatic heterocycles. The number of fused-ring (bicyclic) bond motifs is 15. The fraction of sp³-hybridized carbons (Fsp3) is 0. The van der Waals surface area contributed by atoms with E-state index in [4.69, 9.17) is 4.42 Å². The van der Waals surface area contributed by atoms with Gasteiger partial charge < -0.3 is 4.42 Å². The van der Waals surface area contributed by atoms with E-state index in [2.05, 4.69) is 182 Å². The first kappa shape index (κ1) is 31.9. The number of rotatable bonds is 3. The zero-order valence-electron chi connectivity index (χ0n) is 31.3. The van der Waals surface area contributed by atoms with Crippen molar-refractivity contribution in [1.82, 2.24) is 0 Å². The topological polar surface area (TPSA) is 13.1 Å². The highest BCUT2D eigenvalue weighted by molar-refractivity contribution is 7.27. The normalized spacial score (nSPS) is 12.1. The van der Waals surface area contributed by atoms with Gasteiger partial charge in [-0.3, -0.25) is 0 Å². The lowest BCUT2D eigenvalue weighted by Gasteiger charge is -2.18. The molecule has 0 radical (unpaired) electrons. The van der Waals surface area contributed by atoms with Crippen LogP contribution in [-0.2, 0) is 0 Å². The lowest BCUT2D eigenvalue weighted by atomic mass is 9.85. The summed E-state index contributed by atoms with van der Waals surface area (Å²) in [7, 11) is 0. The highest BCUT2D eigenvalue weighted by atomic mass is 32.1. The SMILES string of the molecule is c1ccc2c(c1)ccc1c2sc2c3ccc(-c4ccc(-c5c6ccccc6c(-c6ccc7oc8ccccc8c7c6)c6ccccc56)cc4)cc3c3ccccc3c12. The van der Waals surface area contributed by atoms with Gasteiger partial charge in [0.2, 0.25) is 0 Å². The minimum absolute atomic E-state index is 0.914. The maximum atomic E-state index is 6.22. The Morgan fingerprint density at radius 1 is 0.276 bits per heavy atom. The largest absolute Gasteiger partial charge is 0.456 e. The predicted molar refractivity (Wildman–Crippen MR) is 250 cm³/mol. The molecule has 0 fully saturated rings. The van der Waals surface area contributed by atoms with Crippen molar-refractivity contribution in [1.29, 1.82) is 0 Å². The van der Waals surface area contributed by atoms with Gasteiger partial charge in [0.05, 0.1) is 0 Å². The zero-order valence-corrected chi connectivity index (χ0v) is 32.1. The van der Waals surface area contributed by atoms with Crippen LogP contribution < -0.4 is 0 Å². The van der Waals surface area contributed by atoms with Crippen molar-refractivity contribution in [2.24, 2.45) is 0 Å². The highest BCUT2D eigenvalue weighted by Crippen LogP contribution is 2.48. The molecule has 0 unspecified atom stereocenters. The number of hydrogen-bond acceptors (Lipinski definition) is 2. The molecule has 0 amide bonds. The van der Waals surface area contributed by atoms with E-state index in [1.54, 1.807) is 0 Å². The van der Waals surface area contributed by atoms with E-state index in [0.717, 1.165) is 21.9 Å². The Morgan fingerprint density at radius 3 is 1.53 bits per heavy atom. The molecule has 13 aromatic rings. The van der Waals surface area contributed by atoms with E-state index in [1.165, 1.54) is 107 Å². The summed E-state index contributed by atoms with van der Waals surface area (Å²) < 4.78 is 8.95. The van der Waals surface area contributed by atoms with Gasteiger partial charge in [-0.1, -0.05) is 170 Å². The molecule has 0 aliphatic carbocycles. The summed E-state index contributed by atoms with van der Waals surface area (Å²) in [6.07, 6.45) is 0. The second-order valence-corrected chi connectivity index (χ2v) is 16.5. The first-order valence-corrected chi connectivity index (χ1v) is 20.7. The van der Waals surface area contributed by atoms with Crippen LogP contribution in [0, 0.1) is 0 Å². The summed E-state index contributed by atoms with van der Waals surface area (Å²) in [5, 5.41) is 17.8. The van der Waals surface area contributed by atoms with E-state index in [0.29, 0.717) is 0 Å². The molecule has 0 atom stereocenters. The minimum atomic E-state index is 0.914. The predicted octanol–water partition coefficient (Wildman–Crippen LogP) is 16.7. The summed E-state index contributed by atoms with van der Waals surface area (Å²) in [6.45, 7) is 0. The Bertz CT molecular complexity index is 3790. The van der Waals surface area contributed by atoms with Crippen molar-refractivity contribution in [2.75, 3.05) is 0 Å². The Labute approximate surface area is 337 Å². The number of hydrogen-bond donors (Lipinski definition) is 0. The van der Waals surface area contributed by atoms with Crippen molar-refractivity contribution in [2.45, 2.75) is 0 Å². The van der Waals surface area contributed by atoms with Crippen LogP contribution in [0.5, 0.6) is 0 Å². The average molecular weight is 753 g/mol. The molecule has 0 aliphatic rings. The zero-order chi connectivity index (χ0) is 37.9. The van der Waals surface area contributed by atoms with Gasteiger partial charge in [-0.05, 0) is 106 Å². The molecular formula is C56H32OS. The Hall–Kier alpha value is -7.26. The van der Waals surface area contributed by atoms with Gasteiger partial charge in [-0.2, -0.15) is 0 Å². The van der Waals surface area contributed by atoms with E-state index < -0.39 is 0 Å². The molecule has 1 nitrogen and oxygen atoms in total. The number of benzene rings is 11. The van der Waals surface area contributed by atoms with Crippen LogP contribution in [-0.4, -0.2) is 0 Å². The van der Waals surface area contributed by atoms with Crippen LogP contribution in [0.1, 0.15) is 0 Å². The maximum absolute atomic E-state index is 6.22. The first-order chi connectivity index (χ1) is 28.8. The maximum Gasteiger partial charge on any atom is 0.135 e. The van der Waals surface area contributed by atoms with Gasteiger partial charge in [-0.25, -0.2) is 0 Å². The Kier molecular flexibility index (Phi) is 6.66. The van der Waals surface area contributed by atoms with Crippen molar-refractivity contribution >= 4 is 107 Å². The third-order valence-corrected chi connectivity index (χ3v) is 13.7. The molecule has 2 heterocycles. The Balaban J connectivity index is 0.972. The highest BCUT2D eigenvalue weighted by Gasteiger charge is 2.19. The summed E-state index contributed by atoms with van der Waals surface area (Å²) in [4.78, 5) is 0. The second kappa shape index (κ2) is 12.1. The molecule has 11 aromatic carbocycles. The molecule has 2 heteroatoms. The Morgan fingerprint density at radius 2 is 0.793 bits per heavy atom. The average Bonchev–Trinajstić information content (AvgIpc) is 3.87. The van der Waals surface area contributed by atoms with E-state index in [1.807, 2.05) is 23.5 Å². The second-order valence-electron chi connectivity index (χ2n) is 15.5. The molecule has 268 valence electrons. The van der Waals surface area contributed by atoms with Crippen LogP contribution in [0.2, 0.25) is 0 Å². The molecule has 0 saturated carbocycles. The molecule has 0 saturated heterocycles. The van der Waals surface area contributed by atoms with Crippen LogP contribution in [0.4, 0.5) is 0 Å². The summed E-state index contributed by atoms with van der Waals surface area (Å²) in [5.74, 6) is 0. The lowest BCUT2D eigenvalue weighted by molar-refractivity contribution is 0.669. The summed E-state index contributed by atoms with van der Waals surface area (Å²) in [5.41, 5.74) is 9.19. The van der Waals surface area contributed by atoms with Crippen LogP contribution in [0.15, 0.2) is 199 Å². The molecule has 0 spiro atoms. The molecule has 58 heavy (non-hydrogen) atoms. The fourth-order valence-electron chi connectivity index (χ4n) is 9.82.